The number of rotatable bonds is 6. The van der Waals surface area contributed by atoms with E-state index in [0.717, 1.165) is 5.25 Å². The second kappa shape index (κ2) is 6.94. The smallest absolute Gasteiger partial charge is 0.00918 e. The summed E-state index contributed by atoms with van der Waals surface area (Å²) in [4.78, 5) is 1.40. The van der Waals surface area contributed by atoms with Crippen molar-refractivity contribution in [1.82, 2.24) is 0 Å². The Bertz CT molecular complexity index is 230. The molecular weight excluding hydrogens is 188 g/mol. The maximum atomic E-state index is 2.27. The molecule has 1 aromatic carbocycles. The molecule has 1 unspecified atom stereocenters. The van der Waals surface area contributed by atoms with Gasteiger partial charge in [0.1, 0.15) is 0 Å². The number of unbranched alkanes of at least 4 members (excludes halogenated alkanes) is 1. The Hall–Kier alpha value is -0.430. The molecular formula is C13H19S. The molecule has 14 heavy (non-hydrogen) atoms. The quantitative estimate of drug-likeness (QED) is 0.616. The lowest BCUT2D eigenvalue weighted by Crippen LogP contribution is -1.99. The summed E-state index contributed by atoms with van der Waals surface area (Å²) < 4.78 is 0. The predicted octanol–water partition coefficient (Wildman–Crippen LogP) is 4.56. The Balaban J connectivity index is 2.40. The van der Waals surface area contributed by atoms with E-state index in [2.05, 4.69) is 50.6 Å². The van der Waals surface area contributed by atoms with E-state index in [4.69, 9.17) is 0 Å². The molecule has 0 fully saturated rings. The van der Waals surface area contributed by atoms with Crippen molar-refractivity contribution in [3.8, 4) is 0 Å². The van der Waals surface area contributed by atoms with Crippen molar-refractivity contribution in [3.63, 3.8) is 0 Å². The largest absolute Gasteiger partial charge is 0.123 e. The predicted molar refractivity (Wildman–Crippen MR) is 65.6 cm³/mol. The van der Waals surface area contributed by atoms with Crippen LogP contribution >= 0.6 is 11.8 Å². The van der Waals surface area contributed by atoms with Gasteiger partial charge in [-0.25, -0.2) is 0 Å². The van der Waals surface area contributed by atoms with E-state index < -0.39 is 0 Å². The second-order valence-electron chi connectivity index (χ2n) is 3.45. The van der Waals surface area contributed by atoms with Gasteiger partial charge in [0.2, 0.25) is 0 Å². The van der Waals surface area contributed by atoms with Gasteiger partial charge in [-0.15, -0.1) is 11.8 Å². The van der Waals surface area contributed by atoms with Crippen molar-refractivity contribution < 1.29 is 0 Å². The molecule has 0 aliphatic rings. The molecule has 0 saturated heterocycles. The van der Waals surface area contributed by atoms with E-state index >= 15 is 0 Å². The first kappa shape index (κ1) is 11.6. The van der Waals surface area contributed by atoms with Crippen LogP contribution in [0.25, 0.3) is 0 Å². The van der Waals surface area contributed by atoms with Crippen molar-refractivity contribution in [3.05, 3.63) is 36.8 Å². The van der Waals surface area contributed by atoms with Gasteiger partial charge in [-0.1, -0.05) is 32.0 Å². The van der Waals surface area contributed by atoms with Crippen LogP contribution in [0.5, 0.6) is 0 Å². The van der Waals surface area contributed by atoms with Gasteiger partial charge in [0.15, 0.2) is 0 Å². The van der Waals surface area contributed by atoms with Crippen molar-refractivity contribution in [1.29, 1.82) is 0 Å². The van der Waals surface area contributed by atoms with E-state index in [1.807, 2.05) is 11.8 Å². The summed E-state index contributed by atoms with van der Waals surface area (Å²) in [5.41, 5.74) is 0. The van der Waals surface area contributed by atoms with E-state index in [9.17, 15) is 0 Å². The van der Waals surface area contributed by atoms with Crippen LogP contribution in [-0.2, 0) is 0 Å². The highest BCUT2D eigenvalue weighted by molar-refractivity contribution is 8.00. The first-order valence-corrected chi connectivity index (χ1v) is 6.24. The molecule has 1 radical (unpaired) electrons. The molecule has 0 heterocycles. The van der Waals surface area contributed by atoms with Gasteiger partial charge in [-0.05, 0) is 37.8 Å². The van der Waals surface area contributed by atoms with Crippen LogP contribution in [0.1, 0.15) is 33.1 Å². The van der Waals surface area contributed by atoms with Gasteiger partial charge in [0.25, 0.3) is 0 Å². The summed E-state index contributed by atoms with van der Waals surface area (Å²) in [5, 5.41) is 0.772. The molecule has 0 aliphatic carbocycles. The lowest BCUT2D eigenvalue weighted by molar-refractivity contribution is 0.728. The van der Waals surface area contributed by atoms with Gasteiger partial charge in [-0.2, -0.15) is 0 Å². The number of benzene rings is 1. The third-order valence-electron chi connectivity index (χ3n) is 2.28. The van der Waals surface area contributed by atoms with Crippen molar-refractivity contribution in [2.45, 2.75) is 43.3 Å². The van der Waals surface area contributed by atoms with Crippen LogP contribution < -0.4 is 0 Å². The highest BCUT2D eigenvalue weighted by Crippen LogP contribution is 2.28. The van der Waals surface area contributed by atoms with Crippen LogP contribution in [0, 0.1) is 6.42 Å². The van der Waals surface area contributed by atoms with E-state index in [0.29, 0.717) is 0 Å². The highest BCUT2D eigenvalue weighted by atomic mass is 32.2. The zero-order chi connectivity index (χ0) is 10.2. The number of hydrogen-bond donors (Lipinski definition) is 0. The normalized spacial score (nSPS) is 12.7. The lowest BCUT2D eigenvalue weighted by Gasteiger charge is -2.13. The fourth-order valence-corrected chi connectivity index (χ4v) is 2.51. The van der Waals surface area contributed by atoms with Crippen LogP contribution in [0.15, 0.2) is 35.2 Å². The molecule has 0 amide bonds. The van der Waals surface area contributed by atoms with E-state index in [1.54, 1.807) is 0 Å². The average Bonchev–Trinajstić information content (AvgIpc) is 2.25. The average molecular weight is 207 g/mol. The zero-order valence-corrected chi connectivity index (χ0v) is 9.89. The third-order valence-corrected chi connectivity index (χ3v) is 3.73. The molecule has 1 atom stereocenters. The molecule has 0 aliphatic heterocycles. The summed E-state index contributed by atoms with van der Waals surface area (Å²) in [6.07, 6.45) is 6.05. The van der Waals surface area contributed by atoms with Gasteiger partial charge in [0.05, 0.1) is 0 Å². The summed E-state index contributed by atoms with van der Waals surface area (Å²) in [6.45, 7) is 4.41. The van der Waals surface area contributed by atoms with Crippen molar-refractivity contribution >= 4 is 11.8 Å². The Morgan fingerprint density at radius 1 is 1.29 bits per heavy atom. The topological polar surface area (TPSA) is 0 Å². The molecule has 1 rings (SSSR count). The van der Waals surface area contributed by atoms with Gasteiger partial charge >= 0.3 is 0 Å². The Morgan fingerprint density at radius 2 is 2.00 bits per heavy atom. The highest BCUT2D eigenvalue weighted by Gasteiger charge is 2.06. The van der Waals surface area contributed by atoms with Gasteiger partial charge in [0, 0.05) is 10.1 Å². The first-order chi connectivity index (χ1) is 6.86. The molecule has 77 valence electrons. The van der Waals surface area contributed by atoms with E-state index in [-0.39, 0.29) is 0 Å². The van der Waals surface area contributed by atoms with Crippen molar-refractivity contribution in [2.24, 2.45) is 0 Å². The zero-order valence-electron chi connectivity index (χ0n) is 9.07. The fourth-order valence-electron chi connectivity index (χ4n) is 1.39. The van der Waals surface area contributed by atoms with Crippen LogP contribution in [-0.4, -0.2) is 5.25 Å². The first-order valence-electron chi connectivity index (χ1n) is 5.36. The Labute approximate surface area is 92.1 Å². The summed E-state index contributed by atoms with van der Waals surface area (Å²) in [5.74, 6) is 0. The molecule has 0 saturated carbocycles. The molecule has 0 aromatic heterocycles. The summed E-state index contributed by atoms with van der Waals surface area (Å²) in [6, 6.07) is 10.7. The third kappa shape index (κ3) is 4.19. The van der Waals surface area contributed by atoms with Crippen LogP contribution in [0.2, 0.25) is 0 Å². The van der Waals surface area contributed by atoms with Crippen LogP contribution in [0.3, 0.4) is 0 Å². The summed E-state index contributed by atoms with van der Waals surface area (Å²) in [7, 11) is 0. The standard InChI is InChI=1S/C13H19S/c1-3-5-9-12(4-2)14-13-10-7-6-8-11-13/h3,6-8,10-12H,4-5,9H2,1-2H3. The van der Waals surface area contributed by atoms with Gasteiger partial charge < -0.3 is 0 Å². The molecule has 0 spiro atoms. The van der Waals surface area contributed by atoms with E-state index in [1.165, 1.54) is 24.2 Å². The van der Waals surface area contributed by atoms with Gasteiger partial charge in [-0.3, -0.25) is 0 Å². The molecule has 0 N–H and O–H groups in total. The number of hydrogen-bond acceptors (Lipinski definition) is 1. The maximum Gasteiger partial charge on any atom is 0.00918 e. The minimum atomic E-state index is 0.772. The summed E-state index contributed by atoms with van der Waals surface area (Å²) >= 11 is 2.01. The Kier molecular flexibility index (Phi) is 5.77. The second-order valence-corrected chi connectivity index (χ2v) is 4.82. The minimum Gasteiger partial charge on any atom is -0.123 e. The fraction of sp³-hybridized carbons (Fsp3) is 0.462. The van der Waals surface area contributed by atoms with Crippen LogP contribution in [0.4, 0.5) is 0 Å². The molecule has 1 heteroatoms. The maximum absolute atomic E-state index is 2.27. The number of thioether (sulfide) groups is 1. The minimum absolute atomic E-state index is 0.772. The monoisotopic (exact) mass is 207 g/mol. The Morgan fingerprint density at radius 3 is 2.57 bits per heavy atom. The molecule has 1 aromatic rings. The van der Waals surface area contributed by atoms with Crippen molar-refractivity contribution in [2.75, 3.05) is 0 Å². The molecule has 0 bridgehead atoms. The lowest BCUT2D eigenvalue weighted by atomic mass is 10.2. The SMILES string of the molecule is C[CH]CCC(CC)Sc1ccccc1. The molecule has 0 nitrogen and oxygen atoms in total.